The van der Waals surface area contributed by atoms with Gasteiger partial charge in [0.1, 0.15) is 5.75 Å². The van der Waals surface area contributed by atoms with Crippen LogP contribution in [0, 0.1) is 0 Å². The Kier molecular flexibility index (Phi) is 8.17. The molecule has 8 heteroatoms. The van der Waals surface area contributed by atoms with Gasteiger partial charge in [0.25, 0.3) is 5.91 Å². The number of benzene rings is 3. The molecule has 184 valence electrons. The molecule has 7 nitrogen and oxygen atoms in total. The molecule has 0 unspecified atom stereocenters. The highest BCUT2D eigenvalue weighted by Crippen LogP contribution is 2.26. The number of ether oxygens (including phenoxy) is 1. The Labute approximate surface area is 207 Å². The van der Waals surface area contributed by atoms with E-state index in [0.29, 0.717) is 12.1 Å². The topological polar surface area (TPSA) is 87.7 Å². The van der Waals surface area contributed by atoms with E-state index in [1.807, 2.05) is 54.6 Å². The summed E-state index contributed by atoms with van der Waals surface area (Å²) in [5.74, 6) is 0.486. The Hall–Kier alpha value is -3.20. The van der Waals surface area contributed by atoms with E-state index in [9.17, 15) is 13.2 Å². The third kappa shape index (κ3) is 6.48. The summed E-state index contributed by atoms with van der Waals surface area (Å²) in [5.41, 5.74) is 2.27. The number of likely N-dealkylation sites (tertiary alicyclic amines) is 1. The predicted octanol–water partition coefficient (Wildman–Crippen LogP) is 3.74. The summed E-state index contributed by atoms with van der Waals surface area (Å²) in [7, 11) is -2.12. The van der Waals surface area contributed by atoms with E-state index in [-0.39, 0.29) is 23.4 Å². The maximum Gasteiger partial charge on any atom is 0.251 e. The van der Waals surface area contributed by atoms with Crippen molar-refractivity contribution in [3.8, 4) is 5.75 Å². The smallest absolute Gasteiger partial charge is 0.251 e. The minimum Gasteiger partial charge on any atom is -0.497 e. The van der Waals surface area contributed by atoms with Gasteiger partial charge in [0, 0.05) is 18.7 Å². The molecule has 1 fully saturated rings. The number of amides is 1. The average molecular weight is 494 g/mol. The molecular formula is C27H31N3O4S. The second kappa shape index (κ2) is 11.5. The number of hydrogen-bond acceptors (Lipinski definition) is 5. The number of nitrogens with one attached hydrogen (secondary N) is 2. The van der Waals surface area contributed by atoms with Gasteiger partial charge in [-0.1, -0.05) is 48.5 Å². The van der Waals surface area contributed by atoms with Gasteiger partial charge in [-0.3, -0.25) is 9.69 Å². The molecule has 2 N–H and O–H groups in total. The Morgan fingerprint density at radius 2 is 1.69 bits per heavy atom. The van der Waals surface area contributed by atoms with Gasteiger partial charge in [-0.2, -0.15) is 0 Å². The van der Waals surface area contributed by atoms with E-state index in [1.165, 1.54) is 12.1 Å². The number of nitrogens with zero attached hydrogens (tertiary/aromatic N) is 1. The Morgan fingerprint density at radius 3 is 2.37 bits per heavy atom. The van der Waals surface area contributed by atoms with Gasteiger partial charge < -0.3 is 10.1 Å². The highest BCUT2D eigenvalue weighted by molar-refractivity contribution is 7.89. The number of hydrogen-bond donors (Lipinski definition) is 2. The molecule has 1 aliphatic heterocycles. The van der Waals surface area contributed by atoms with E-state index in [4.69, 9.17) is 4.74 Å². The highest BCUT2D eigenvalue weighted by Gasteiger charge is 2.24. The zero-order valence-electron chi connectivity index (χ0n) is 19.8. The van der Waals surface area contributed by atoms with Crippen LogP contribution in [0.4, 0.5) is 0 Å². The van der Waals surface area contributed by atoms with E-state index in [1.54, 1.807) is 19.2 Å². The number of carbonyl (C=O) groups is 1. The van der Waals surface area contributed by atoms with Crippen LogP contribution in [0.15, 0.2) is 83.8 Å². The third-order valence-corrected chi connectivity index (χ3v) is 7.65. The Balaban J connectivity index is 1.44. The molecule has 3 aromatic rings. The Morgan fingerprint density at radius 1 is 0.971 bits per heavy atom. The van der Waals surface area contributed by atoms with Crippen molar-refractivity contribution >= 4 is 15.9 Å². The van der Waals surface area contributed by atoms with Gasteiger partial charge in [-0.05, 0) is 67.4 Å². The molecular weight excluding hydrogens is 462 g/mol. The predicted molar refractivity (Wildman–Crippen MR) is 136 cm³/mol. The van der Waals surface area contributed by atoms with Gasteiger partial charge in [0.05, 0.1) is 18.0 Å². The molecule has 0 spiro atoms. The number of methoxy groups -OCH3 is 1. The lowest BCUT2D eigenvalue weighted by molar-refractivity contribution is 0.0937. The number of carbonyl (C=O) groups excluding carboxylic acids is 1. The summed E-state index contributed by atoms with van der Waals surface area (Å²) in [6.45, 7) is 2.56. The fourth-order valence-corrected chi connectivity index (χ4v) is 5.35. The second-order valence-corrected chi connectivity index (χ2v) is 10.3. The van der Waals surface area contributed by atoms with Crippen LogP contribution in [-0.2, 0) is 16.6 Å². The third-order valence-electron chi connectivity index (χ3n) is 6.25. The van der Waals surface area contributed by atoms with E-state index in [2.05, 4.69) is 14.9 Å². The summed E-state index contributed by atoms with van der Waals surface area (Å²) in [6.07, 6.45) is 2.27. The van der Waals surface area contributed by atoms with Gasteiger partial charge in [0.2, 0.25) is 10.0 Å². The summed E-state index contributed by atoms with van der Waals surface area (Å²) in [4.78, 5) is 15.4. The van der Waals surface area contributed by atoms with E-state index >= 15 is 0 Å². The van der Waals surface area contributed by atoms with E-state index < -0.39 is 10.0 Å². The van der Waals surface area contributed by atoms with Crippen LogP contribution in [0.25, 0.3) is 0 Å². The van der Waals surface area contributed by atoms with Crippen LogP contribution >= 0.6 is 0 Å². The van der Waals surface area contributed by atoms with Crippen LogP contribution in [-0.4, -0.2) is 46.0 Å². The fourth-order valence-electron chi connectivity index (χ4n) is 4.29. The first-order chi connectivity index (χ1) is 17.0. The van der Waals surface area contributed by atoms with Crippen LogP contribution in [0.3, 0.4) is 0 Å². The van der Waals surface area contributed by atoms with E-state index in [0.717, 1.165) is 42.8 Å². The molecule has 1 atom stereocenters. The highest BCUT2D eigenvalue weighted by atomic mass is 32.2. The molecule has 4 rings (SSSR count). The van der Waals surface area contributed by atoms with Crippen molar-refractivity contribution in [2.75, 3.05) is 26.7 Å². The summed E-state index contributed by atoms with van der Waals surface area (Å²) in [6, 6.07) is 23.4. The van der Waals surface area contributed by atoms with Crippen molar-refractivity contribution in [1.82, 2.24) is 14.9 Å². The van der Waals surface area contributed by atoms with Crippen LogP contribution in [0.1, 0.15) is 40.4 Å². The normalized spacial score (nSPS) is 15.0. The summed E-state index contributed by atoms with van der Waals surface area (Å²) in [5, 5.41) is 3.01. The quantitative estimate of drug-likeness (QED) is 0.449. The molecule has 0 saturated carbocycles. The molecule has 0 aromatic heterocycles. The largest absolute Gasteiger partial charge is 0.497 e. The van der Waals surface area contributed by atoms with Crippen molar-refractivity contribution < 1.29 is 17.9 Å². The maximum atomic E-state index is 13.0. The Bertz CT molecular complexity index is 1220. The summed E-state index contributed by atoms with van der Waals surface area (Å²) >= 11 is 0. The van der Waals surface area contributed by atoms with Crippen LogP contribution in [0.2, 0.25) is 0 Å². The minimum atomic E-state index is -3.76. The van der Waals surface area contributed by atoms with Crippen molar-refractivity contribution in [1.29, 1.82) is 0 Å². The number of sulfonamides is 1. The first-order valence-electron chi connectivity index (χ1n) is 11.8. The lowest BCUT2D eigenvalue weighted by Crippen LogP contribution is -2.36. The van der Waals surface area contributed by atoms with Crippen LogP contribution in [0.5, 0.6) is 5.75 Å². The molecule has 0 bridgehead atoms. The van der Waals surface area contributed by atoms with Gasteiger partial charge >= 0.3 is 0 Å². The van der Waals surface area contributed by atoms with Gasteiger partial charge in [-0.15, -0.1) is 0 Å². The molecule has 1 amide bonds. The zero-order valence-corrected chi connectivity index (χ0v) is 20.6. The average Bonchev–Trinajstić information content (AvgIpc) is 3.43. The standard InChI is InChI=1S/C27H31N3O4S/c1-34-24-14-12-22(13-15-24)26(30-16-5-6-17-30)20-28-27(31)23-10-7-11-25(18-23)35(32,33)29-19-21-8-3-2-4-9-21/h2-4,7-15,18,26,29H,5-6,16-17,19-20H2,1H3,(H,28,31)/t26-/m0/s1. The minimum absolute atomic E-state index is 0.0341. The first-order valence-corrected chi connectivity index (χ1v) is 13.2. The van der Waals surface area contributed by atoms with Crippen molar-refractivity contribution in [2.45, 2.75) is 30.3 Å². The van der Waals surface area contributed by atoms with Gasteiger partial charge in [0.15, 0.2) is 0 Å². The number of rotatable bonds is 10. The molecule has 0 radical (unpaired) electrons. The lowest BCUT2D eigenvalue weighted by Gasteiger charge is -2.28. The molecule has 35 heavy (non-hydrogen) atoms. The molecule has 1 heterocycles. The zero-order chi connectivity index (χ0) is 24.7. The van der Waals surface area contributed by atoms with Gasteiger partial charge in [-0.25, -0.2) is 13.1 Å². The lowest BCUT2D eigenvalue weighted by atomic mass is 10.0. The summed E-state index contributed by atoms with van der Waals surface area (Å²) < 4.78 is 33.5. The SMILES string of the molecule is COc1ccc([C@H](CNC(=O)c2cccc(S(=O)(=O)NCc3ccccc3)c2)N2CCCC2)cc1. The maximum absolute atomic E-state index is 13.0. The molecule has 1 aliphatic rings. The van der Waals surface area contributed by atoms with Crippen molar-refractivity contribution in [3.63, 3.8) is 0 Å². The fraction of sp³-hybridized carbons (Fsp3) is 0.296. The van der Waals surface area contributed by atoms with Crippen molar-refractivity contribution in [3.05, 3.63) is 95.6 Å². The second-order valence-electron chi connectivity index (χ2n) is 8.58. The van der Waals surface area contributed by atoms with Crippen molar-refractivity contribution in [2.24, 2.45) is 0 Å². The molecule has 0 aliphatic carbocycles. The first kappa shape index (κ1) is 24.9. The monoisotopic (exact) mass is 493 g/mol. The molecule has 3 aromatic carbocycles. The van der Waals surface area contributed by atoms with Crippen LogP contribution < -0.4 is 14.8 Å². The molecule has 1 saturated heterocycles.